The van der Waals surface area contributed by atoms with E-state index in [1.54, 1.807) is 18.2 Å². The van der Waals surface area contributed by atoms with Crippen LogP contribution in [0.3, 0.4) is 0 Å². The van der Waals surface area contributed by atoms with Crippen molar-refractivity contribution >= 4 is 33.0 Å². The van der Waals surface area contributed by atoms with Gasteiger partial charge in [-0.15, -0.1) is 0 Å². The summed E-state index contributed by atoms with van der Waals surface area (Å²) in [6.07, 6.45) is 2.97. The number of ether oxygens (including phenoxy) is 1. The van der Waals surface area contributed by atoms with E-state index in [9.17, 15) is 13.2 Å². The van der Waals surface area contributed by atoms with Crippen LogP contribution < -0.4 is 19.8 Å². The number of hydrogen-bond acceptors (Lipinski definition) is 8. The maximum Gasteiger partial charge on any atom is 0.255 e. The number of rotatable bonds is 9. The van der Waals surface area contributed by atoms with E-state index in [1.807, 2.05) is 55.7 Å². The Labute approximate surface area is 254 Å². The van der Waals surface area contributed by atoms with E-state index in [1.165, 1.54) is 7.11 Å². The Morgan fingerprint density at radius 2 is 1.77 bits per heavy atom. The molecule has 1 amide bonds. The van der Waals surface area contributed by atoms with Gasteiger partial charge in [-0.3, -0.25) is 14.2 Å². The largest absolute Gasteiger partial charge is 0.492 e. The first-order chi connectivity index (χ1) is 20.0. The van der Waals surface area contributed by atoms with Gasteiger partial charge >= 0.3 is 0 Å². The summed E-state index contributed by atoms with van der Waals surface area (Å²) in [5.74, 6) is 0.127. The lowest BCUT2D eigenvalue weighted by atomic mass is 9.86. The van der Waals surface area contributed by atoms with Crippen LogP contribution in [-0.4, -0.2) is 44.0 Å². The van der Waals surface area contributed by atoms with Crippen LogP contribution in [0, 0.1) is 6.92 Å². The van der Waals surface area contributed by atoms with Crippen LogP contribution in [0.25, 0.3) is 0 Å². The van der Waals surface area contributed by atoms with Crippen LogP contribution in [0.5, 0.6) is 5.75 Å². The van der Waals surface area contributed by atoms with E-state index in [4.69, 9.17) is 4.74 Å². The highest BCUT2D eigenvalue weighted by atomic mass is 32.2. The van der Waals surface area contributed by atoms with Crippen molar-refractivity contribution in [2.75, 3.05) is 35.0 Å². The second-order valence-electron chi connectivity index (χ2n) is 12.7. The van der Waals surface area contributed by atoms with Crippen molar-refractivity contribution in [1.82, 2.24) is 9.78 Å². The molecule has 1 aliphatic rings. The molecule has 0 aliphatic carbocycles. The van der Waals surface area contributed by atoms with Gasteiger partial charge < -0.3 is 10.1 Å². The second kappa shape index (κ2) is 12.0. The van der Waals surface area contributed by atoms with E-state index < -0.39 is 10.0 Å². The molecule has 232 valence electrons. The number of amides is 1. The number of benzene rings is 2. The molecule has 3 aromatic rings. The first kappa shape index (κ1) is 32.0. The number of nitrogens with zero attached hydrogens (tertiary/aromatic N) is 5. The van der Waals surface area contributed by atoms with Gasteiger partial charge in [0.2, 0.25) is 10.0 Å². The first-order valence-electron chi connectivity index (χ1n) is 14.4. The Kier molecular flexibility index (Phi) is 8.92. The van der Waals surface area contributed by atoms with E-state index in [0.717, 1.165) is 34.3 Å². The van der Waals surface area contributed by atoms with Crippen molar-refractivity contribution in [3.8, 4) is 5.75 Å². The van der Waals surface area contributed by atoms with Crippen LogP contribution in [0.15, 0.2) is 46.9 Å². The highest BCUT2D eigenvalue weighted by Gasteiger charge is 2.30. The number of hydrogen-bond donors (Lipinski definition) is 2. The fourth-order valence-corrected chi connectivity index (χ4v) is 5.74. The Bertz CT molecular complexity index is 1650. The highest BCUT2D eigenvalue weighted by Crippen LogP contribution is 2.40. The minimum absolute atomic E-state index is 0.174. The third-order valence-electron chi connectivity index (χ3n) is 7.36. The van der Waals surface area contributed by atoms with Crippen molar-refractivity contribution in [1.29, 1.82) is 0 Å². The van der Waals surface area contributed by atoms with Crippen molar-refractivity contribution in [2.45, 2.75) is 78.8 Å². The van der Waals surface area contributed by atoms with Gasteiger partial charge in [-0.25, -0.2) is 13.4 Å². The van der Waals surface area contributed by atoms with E-state index >= 15 is 0 Å². The zero-order chi connectivity index (χ0) is 31.9. The lowest BCUT2D eigenvalue weighted by Crippen LogP contribution is -2.20. The molecule has 0 bridgehead atoms. The molecule has 1 unspecified atom stereocenters. The van der Waals surface area contributed by atoms with Gasteiger partial charge in [-0.1, -0.05) is 45.9 Å². The molecule has 2 aromatic carbocycles. The van der Waals surface area contributed by atoms with Crippen molar-refractivity contribution in [2.24, 2.45) is 10.3 Å². The molecule has 1 aromatic heterocycles. The number of aryl methyl sites for hydroxylation is 1. The SMILES string of the molecule is COc1c(NC(=O)c2ccc(C)c(N3CC(c4cnn(C(C)C)c4C(C)C)N=N3)c2)cc(C(C)(C)C)cc1NS(C)(=O)=O. The van der Waals surface area contributed by atoms with Crippen molar-refractivity contribution in [3.63, 3.8) is 0 Å². The van der Waals surface area contributed by atoms with Crippen LogP contribution >= 0.6 is 0 Å². The normalized spacial score (nSPS) is 15.4. The number of nitrogens with one attached hydrogen (secondary N) is 2. The number of aromatic nitrogens is 2. The lowest BCUT2D eigenvalue weighted by Gasteiger charge is -2.24. The maximum atomic E-state index is 13.6. The smallest absolute Gasteiger partial charge is 0.255 e. The minimum atomic E-state index is -3.60. The third-order valence-corrected chi connectivity index (χ3v) is 7.95. The van der Waals surface area contributed by atoms with Gasteiger partial charge in [-0.05, 0) is 67.5 Å². The molecule has 4 rings (SSSR count). The Morgan fingerprint density at radius 1 is 1.09 bits per heavy atom. The predicted molar refractivity (Wildman–Crippen MR) is 171 cm³/mol. The second-order valence-corrected chi connectivity index (χ2v) is 14.4. The summed E-state index contributed by atoms with van der Waals surface area (Å²) in [7, 11) is -2.16. The molecule has 0 fully saturated rings. The standard InChI is InChI=1S/C31H43N7O4S/c1-18(2)28-23(16-32-38(28)19(3)4)26-17-37(36-34-26)27-13-21(12-11-20(27)5)30(39)33-24-14-22(31(6,7)8)15-25(29(24)42-9)35-43(10,40)41/h11-16,18-19,26,35H,17H2,1-10H3,(H,33,39). The molecule has 12 heteroatoms. The molecular weight excluding hydrogens is 566 g/mol. The number of carbonyl (C=O) groups excluding carboxylic acids is 1. The van der Waals surface area contributed by atoms with Crippen molar-refractivity contribution < 1.29 is 17.9 Å². The lowest BCUT2D eigenvalue weighted by molar-refractivity contribution is 0.102. The fraction of sp³-hybridized carbons (Fsp3) is 0.484. The maximum absolute atomic E-state index is 13.6. The summed E-state index contributed by atoms with van der Waals surface area (Å²) >= 11 is 0. The average Bonchev–Trinajstić information content (AvgIpc) is 3.55. The van der Waals surface area contributed by atoms with E-state index in [0.29, 0.717) is 17.8 Å². The number of anilines is 3. The summed E-state index contributed by atoms with van der Waals surface area (Å²) in [5, 5.41) is 18.5. The van der Waals surface area contributed by atoms with E-state index in [-0.39, 0.29) is 40.8 Å². The molecule has 0 radical (unpaired) electrons. The van der Waals surface area contributed by atoms with Gasteiger partial charge in [0.1, 0.15) is 6.04 Å². The number of methoxy groups -OCH3 is 1. The fourth-order valence-electron chi connectivity index (χ4n) is 5.19. The van der Waals surface area contributed by atoms with Gasteiger partial charge in [0, 0.05) is 22.9 Å². The molecular formula is C31H43N7O4S. The average molecular weight is 610 g/mol. The van der Waals surface area contributed by atoms with Crippen LogP contribution in [0.1, 0.15) is 99.2 Å². The molecule has 0 spiro atoms. The molecule has 0 saturated heterocycles. The topological polar surface area (TPSA) is 130 Å². The van der Waals surface area contributed by atoms with Crippen LogP contribution in [0.2, 0.25) is 0 Å². The van der Waals surface area contributed by atoms with E-state index in [2.05, 4.69) is 53.2 Å². The monoisotopic (exact) mass is 609 g/mol. The Hall–Kier alpha value is -3.93. The zero-order valence-corrected chi connectivity index (χ0v) is 27.5. The van der Waals surface area contributed by atoms with Gasteiger partial charge in [-0.2, -0.15) is 10.2 Å². The molecule has 2 N–H and O–H groups in total. The zero-order valence-electron chi connectivity index (χ0n) is 26.7. The summed E-state index contributed by atoms with van der Waals surface area (Å²) in [5.41, 5.74) is 5.46. The third kappa shape index (κ3) is 7.01. The summed E-state index contributed by atoms with van der Waals surface area (Å²) in [6.45, 7) is 17.1. The van der Waals surface area contributed by atoms with Crippen LogP contribution in [-0.2, 0) is 15.4 Å². The molecule has 2 heterocycles. The van der Waals surface area contributed by atoms with Crippen LogP contribution in [0.4, 0.5) is 17.1 Å². The van der Waals surface area contributed by atoms with Gasteiger partial charge in [0.15, 0.2) is 5.75 Å². The molecule has 1 aliphatic heterocycles. The summed E-state index contributed by atoms with van der Waals surface area (Å²) in [4.78, 5) is 13.6. The number of sulfonamides is 1. The minimum Gasteiger partial charge on any atom is -0.492 e. The van der Waals surface area contributed by atoms with Gasteiger partial charge in [0.05, 0.1) is 43.2 Å². The number of carbonyl (C=O) groups is 1. The molecule has 11 nitrogen and oxygen atoms in total. The quantitative estimate of drug-likeness (QED) is 0.276. The molecule has 0 saturated carbocycles. The van der Waals surface area contributed by atoms with Gasteiger partial charge in [0.25, 0.3) is 5.91 Å². The first-order valence-corrected chi connectivity index (χ1v) is 16.3. The molecule has 43 heavy (non-hydrogen) atoms. The summed E-state index contributed by atoms with van der Waals surface area (Å²) < 4.78 is 34.3. The summed E-state index contributed by atoms with van der Waals surface area (Å²) in [6, 6.07) is 9.02. The van der Waals surface area contributed by atoms with Crippen molar-refractivity contribution in [3.05, 3.63) is 64.5 Å². The highest BCUT2D eigenvalue weighted by molar-refractivity contribution is 7.92. The predicted octanol–water partition coefficient (Wildman–Crippen LogP) is 6.75. The Morgan fingerprint density at radius 3 is 2.35 bits per heavy atom. The molecule has 1 atom stereocenters. The Balaban J connectivity index is 1.64.